The number of nitrogens with zero attached hydrogens (tertiary/aromatic N) is 2. The van der Waals surface area contributed by atoms with E-state index in [-0.39, 0.29) is 5.91 Å². The van der Waals surface area contributed by atoms with Gasteiger partial charge in [0, 0.05) is 6.42 Å². The quantitative estimate of drug-likeness (QED) is 0.581. The summed E-state index contributed by atoms with van der Waals surface area (Å²) in [5, 5.41) is 2.77. The topological polar surface area (TPSA) is 54.9 Å². The van der Waals surface area contributed by atoms with Crippen LogP contribution in [0.1, 0.15) is 58.3 Å². The molecule has 0 bridgehead atoms. The van der Waals surface area contributed by atoms with Gasteiger partial charge in [0.25, 0.3) is 0 Å². The highest BCUT2D eigenvalue weighted by atomic mass is 79.9. The van der Waals surface area contributed by atoms with Crippen LogP contribution in [0.3, 0.4) is 0 Å². The van der Waals surface area contributed by atoms with Crippen LogP contribution in [0.15, 0.2) is 15.4 Å². The summed E-state index contributed by atoms with van der Waals surface area (Å²) in [4.78, 5) is 20.0. The lowest BCUT2D eigenvalue weighted by atomic mass is 10.1. The van der Waals surface area contributed by atoms with Gasteiger partial charge in [0.2, 0.25) is 5.91 Å². The number of anilines is 1. The van der Waals surface area contributed by atoms with Gasteiger partial charge in [0.15, 0.2) is 5.82 Å². The van der Waals surface area contributed by atoms with Gasteiger partial charge in [-0.05, 0) is 38.3 Å². The lowest BCUT2D eigenvalue weighted by molar-refractivity contribution is -0.116. The number of carbonyl (C=O) groups is 1. The van der Waals surface area contributed by atoms with Crippen LogP contribution in [0.2, 0.25) is 0 Å². The van der Waals surface area contributed by atoms with Crippen LogP contribution < -0.4 is 5.32 Å². The number of aromatic nitrogens is 2. The molecule has 1 aromatic heterocycles. The van der Waals surface area contributed by atoms with Gasteiger partial charge in [-0.15, -0.1) is 0 Å². The maximum atomic E-state index is 11.8. The molecule has 1 heterocycles. The van der Waals surface area contributed by atoms with Gasteiger partial charge in [-0.2, -0.15) is 0 Å². The number of halogens is 2. The number of hydrogen-bond donors (Lipinski definition) is 1. The molecule has 0 atom stereocenters. The fraction of sp³-hybridized carbons (Fsp3) is 0.643. The van der Waals surface area contributed by atoms with E-state index in [0.717, 1.165) is 12.8 Å². The van der Waals surface area contributed by atoms with Crippen molar-refractivity contribution in [2.75, 3.05) is 5.32 Å². The number of hydrogen-bond acceptors (Lipinski definition) is 3. The smallest absolute Gasteiger partial charge is 0.225 e. The Bertz CT molecular complexity index is 427. The van der Waals surface area contributed by atoms with Gasteiger partial charge in [-0.25, -0.2) is 9.97 Å². The highest BCUT2D eigenvalue weighted by molar-refractivity contribution is 9.11. The van der Waals surface area contributed by atoms with Crippen LogP contribution in [0.5, 0.6) is 0 Å². The summed E-state index contributed by atoms with van der Waals surface area (Å²) in [6.07, 6.45) is 10.5. The average Bonchev–Trinajstić information content (AvgIpc) is 2.41. The van der Waals surface area contributed by atoms with E-state index in [9.17, 15) is 4.79 Å². The third-order valence-corrected chi connectivity index (χ3v) is 3.90. The number of rotatable bonds is 9. The lowest BCUT2D eigenvalue weighted by Crippen LogP contribution is -2.13. The molecule has 0 aliphatic carbocycles. The lowest BCUT2D eigenvalue weighted by Gasteiger charge is -2.06. The molecular weight excluding hydrogens is 386 g/mol. The van der Waals surface area contributed by atoms with Crippen LogP contribution in [0, 0.1) is 0 Å². The normalized spacial score (nSPS) is 10.6. The van der Waals surface area contributed by atoms with Crippen molar-refractivity contribution < 1.29 is 4.79 Å². The van der Waals surface area contributed by atoms with Gasteiger partial charge in [-0.1, -0.05) is 45.4 Å². The van der Waals surface area contributed by atoms with Gasteiger partial charge >= 0.3 is 0 Å². The maximum absolute atomic E-state index is 11.8. The Balaban J connectivity index is 2.17. The van der Waals surface area contributed by atoms with Crippen molar-refractivity contribution in [2.24, 2.45) is 0 Å². The van der Waals surface area contributed by atoms with Crippen molar-refractivity contribution >= 4 is 43.6 Å². The monoisotopic (exact) mass is 405 g/mol. The molecule has 6 heteroatoms. The molecule has 4 nitrogen and oxygen atoms in total. The Kier molecular flexibility index (Phi) is 9.02. The first-order valence-electron chi connectivity index (χ1n) is 7.11. The molecule has 1 amide bonds. The van der Waals surface area contributed by atoms with Crippen molar-refractivity contribution in [1.82, 2.24) is 9.97 Å². The first kappa shape index (κ1) is 17.6. The zero-order valence-corrected chi connectivity index (χ0v) is 15.0. The number of unbranched alkanes of at least 4 members (excludes halogenated alkanes) is 6. The zero-order chi connectivity index (χ0) is 14.8. The van der Waals surface area contributed by atoms with Crippen molar-refractivity contribution in [3.05, 3.63) is 15.4 Å². The Hall–Kier alpha value is -0.490. The molecule has 0 spiro atoms. The SMILES string of the molecule is CCCCCCCCCC(=O)Nc1ncc(Br)nc1Br. The summed E-state index contributed by atoms with van der Waals surface area (Å²) < 4.78 is 1.18. The van der Waals surface area contributed by atoms with Gasteiger partial charge in [0.1, 0.15) is 9.21 Å². The van der Waals surface area contributed by atoms with Gasteiger partial charge in [-0.3, -0.25) is 4.79 Å². The van der Waals surface area contributed by atoms with Crippen LogP contribution in [0.25, 0.3) is 0 Å². The van der Waals surface area contributed by atoms with E-state index in [0.29, 0.717) is 21.4 Å². The second-order valence-corrected chi connectivity index (χ2v) is 6.32. The van der Waals surface area contributed by atoms with Crippen LogP contribution in [-0.2, 0) is 4.79 Å². The predicted molar refractivity (Wildman–Crippen MR) is 88.7 cm³/mol. The molecule has 0 saturated heterocycles. The summed E-state index contributed by atoms with van der Waals surface area (Å²) >= 11 is 6.50. The molecule has 0 radical (unpaired) electrons. The molecular formula is C14H21Br2N3O. The minimum absolute atomic E-state index is 0.00381. The Labute approximate surface area is 137 Å². The van der Waals surface area contributed by atoms with E-state index in [2.05, 4.69) is 54.1 Å². The van der Waals surface area contributed by atoms with Crippen molar-refractivity contribution in [3.8, 4) is 0 Å². The van der Waals surface area contributed by atoms with Crippen LogP contribution in [-0.4, -0.2) is 15.9 Å². The van der Waals surface area contributed by atoms with E-state index >= 15 is 0 Å². The highest BCUT2D eigenvalue weighted by Gasteiger charge is 2.08. The molecule has 20 heavy (non-hydrogen) atoms. The molecule has 112 valence electrons. The van der Waals surface area contributed by atoms with E-state index in [1.807, 2.05) is 0 Å². The molecule has 0 aromatic carbocycles. The Morgan fingerprint density at radius 3 is 2.45 bits per heavy atom. The van der Waals surface area contributed by atoms with Gasteiger partial charge in [0.05, 0.1) is 6.20 Å². The van der Waals surface area contributed by atoms with E-state index in [1.165, 1.54) is 32.1 Å². The fourth-order valence-electron chi connectivity index (χ4n) is 1.87. The summed E-state index contributed by atoms with van der Waals surface area (Å²) in [5.74, 6) is 0.469. The molecule has 0 aliphatic heterocycles. The standard InChI is InChI=1S/C14H21Br2N3O/c1-2-3-4-5-6-7-8-9-12(20)19-14-13(16)18-11(15)10-17-14/h10H,2-9H2,1H3,(H,17,19,20). The third kappa shape index (κ3) is 7.33. The first-order valence-corrected chi connectivity index (χ1v) is 8.70. The number of amides is 1. The number of carbonyl (C=O) groups excluding carboxylic acids is 1. The zero-order valence-electron chi connectivity index (χ0n) is 11.8. The summed E-state index contributed by atoms with van der Waals surface area (Å²) in [6.45, 7) is 2.22. The fourth-order valence-corrected chi connectivity index (χ4v) is 2.78. The van der Waals surface area contributed by atoms with Crippen LogP contribution in [0.4, 0.5) is 5.82 Å². The predicted octanol–water partition coefficient (Wildman–Crippen LogP) is 5.08. The van der Waals surface area contributed by atoms with E-state index < -0.39 is 0 Å². The molecule has 0 fully saturated rings. The molecule has 1 aromatic rings. The van der Waals surface area contributed by atoms with Crippen molar-refractivity contribution in [3.63, 3.8) is 0 Å². The maximum Gasteiger partial charge on any atom is 0.225 e. The summed E-state index contributed by atoms with van der Waals surface area (Å²) in [5.41, 5.74) is 0. The molecule has 1 N–H and O–H groups in total. The van der Waals surface area contributed by atoms with Crippen LogP contribution >= 0.6 is 31.9 Å². The van der Waals surface area contributed by atoms with Crippen molar-refractivity contribution in [2.45, 2.75) is 58.3 Å². The first-order chi connectivity index (χ1) is 9.63. The van der Waals surface area contributed by atoms with E-state index in [1.54, 1.807) is 6.20 Å². The number of nitrogens with one attached hydrogen (secondary N) is 1. The Morgan fingerprint density at radius 1 is 1.15 bits per heavy atom. The largest absolute Gasteiger partial charge is 0.308 e. The molecule has 0 saturated carbocycles. The summed E-state index contributed by atoms with van der Waals surface area (Å²) in [6, 6.07) is 0. The minimum Gasteiger partial charge on any atom is -0.308 e. The average molecular weight is 407 g/mol. The van der Waals surface area contributed by atoms with Gasteiger partial charge < -0.3 is 5.32 Å². The minimum atomic E-state index is -0.00381. The highest BCUT2D eigenvalue weighted by Crippen LogP contribution is 2.19. The Morgan fingerprint density at radius 2 is 1.80 bits per heavy atom. The summed E-state index contributed by atoms with van der Waals surface area (Å²) in [7, 11) is 0. The third-order valence-electron chi connectivity index (χ3n) is 2.97. The van der Waals surface area contributed by atoms with Crippen molar-refractivity contribution in [1.29, 1.82) is 0 Å². The second-order valence-electron chi connectivity index (χ2n) is 4.75. The molecule has 0 unspecified atom stereocenters. The second kappa shape index (κ2) is 10.3. The molecule has 0 aliphatic rings. The van der Waals surface area contributed by atoms with E-state index in [4.69, 9.17) is 0 Å². The molecule has 1 rings (SSSR count).